The largest absolute Gasteiger partial charge is 0.493 e. The van der Waals surface area contributed by atoms with Crippen LogP contribution in [0.25, 0.3) is 0 Å². The van der Waals surface area contributed by atoms with Crippen LogP contribution in [0.15, 0.2) is 36.4 Å². The highest BCUT2D eigenvalue weighted by molar-refractivity contribution is 5.91. The fraction of sp³-hybridized carbons (Fsp3) is 0.409. The summed E-state index contributed by atoms with van der Waals surface area (Å²) in [6.07, 6.45) is 0.367. The van der Waals surface area contributed by atoms with E-state index in [1.54, 1.807) is 32.4 Å². The van der Waals surface area contributed by atoms with Gasteiger partial charge in [0.25, 0.3) is 0 Å². The number of nitrogens with one attached hydrogen (secondary N) is 2. The van der Waals surface area contributed by atoms with Crippen LogP contribution in [0.4, 0.5) is 17.1 Å². The smallest absolute Gasteiger partial charge is 0.226 e. The molecule has 152 valence electrons. The third-order valence-corrected chi connectivity index (χ3v) is 4.67. The van der Waals surface area contributed by atoms with E-state index in [1.165, 1.54) is 11.3 Å². The third-order valence-electron chi connectivity index (χ3n) is 4.67. The molecule has 0 aromatic heterocycles. The van der Waals surface area contributed by atoms with Gasteiger partial charge in [-0.25, -0.2) is 0 Å². The van der Waals surface area contributed by atoms with E-state index >= 15 is 0 Å². The molecule has 0 radical (unpaired) electrons. The van der Waals surface area contributed by atoms with E-state index < -0.39 is 0 Å². The van der Waals surface area contributed by atoms with Gasteiger partial charge in [-0.3, -0.25) is 4.79 Å². The topological polar surface area (TPSA) is 62.8 Å². The third kappa shape index (κ3) is 5.55. The Hall–Kier alpha value is -2.89. The SMILES string of the molecule is CCN(CC)c1ccc(NCCC(=O)Nc2ccc(OC)c(OC)c2)c(C)c1. The monoisotopic (exact) mass is 385 g/mol. The van der Waals surface area contributed by atoms with Crippen LogP contribution in [0.2, 0.25) is 0 Å². The van der Waals surface area contributed by atoms with Gasteiger partial charge in [0, 0.05) is 49.2 Å². The zero-order chi connectivity index (χ0) is 20.5. The van der Waals surface area contributed by atoms with E-state index in [-0.39, 0.29) is 5.91 Å². The van der Waals surface area contributed by atoms with Crippen molar-refractivity contribution in [3.8, 4) is 11.5 Å². The van der Waals surface area contributed by atoms with Crippen molar-refractivity contribution in [2.24, 2.45) is 0 Å². The molecular weight excluding hydrogens is 354 g/mol. The van der Waals surface area contributed by atoms with Gasteiger partial charge in [-0.05, 0) is 56.7 Å². The maximum absolute atomic E-state index is 12.2. The van der Waals surface area contributed by atoms with Gasteiger partial charge in [0.1, 0.15) is 0 Å². The summed E-state index contributed by atoms with van der Waals surface area (Å²) in [5, 5.41) is 6.24. The normalized spacial score (nSPS) is 10.3. The fourth-order valence-corrected chi connectivity index (χ4v) is 3.08. The second-order valence-corrected chi connectivity index (χ2v) is 6.47. The van der Waals surface area contributed by atoms with E-state index in [0.29, 0.717) is 30.2 Å². The number of hydrogen-bond donors (Lipinski definition) is 2. The summed E-state index contributed by atoms with van der Waals surface area (Å²) < 4.78 is 10.5. The molecule has 2 N–H and O–H groups in total. The molecule has 0 aliphatic rings. The Balaban J connectivity index is 1.88. The molecule has 0 heterocycles. The van der Waals surface area contributed by atoms with E-state index in [4.69, 9.17) is 9.47 Å². The predicted octanol–water partition coefficient (Wildman–Crippen LogP) is 4.30. The first-order chi connectivity index (χ1) is 13.5. The molecular formula is C22H31N3O3. The maximum atomic E-state index is 12.2. The van der Waals surface area contributed by atoms with Crippen LogP contribution in [-0.4, -0.2) is 39.8 Å². The standard InChI is InChI=1S/C22H31N3O3/c1-6-25(7-2)18-9-10-19(16(3)14-18)23-13-12-22(26)24-17-8-11-20(27-4)21(15-17)28-5/h8-11,14-15,23H,6-7,12-13H2,1-5H3,(H,24,26). The van der Waals surface area contributed by atoms with Gasteiger partial charge in [0.2, 0.25) is 5.91 Å². The minimum absolute atomic E-state index is 0.0582. The Labute approximate surface area is 167 Å². The quantitative estimate of drug-likeness (QED) is 0.638. The molecule has 0 aliphatic carbocycles. The minimum Gasteiger partial charge on any atom is -0.493 e. The number of methoxy groups -OCH3 is 2. The molecule has 2 aromatic rings. The van der Waals surface area contributed by atoms with Crippen LogP contribution >= 0.6 is 0 Å². The molecule has 2 rings (SSSR count). The van der Waals surface area contributed by atoms with Crippen molar-refractivity contribution in [2.45, 2.75) is 27.2 Å². The van der Waals surface area contributed by atoms with Crippen molar-refractivity contribution in [2.75, 3.05) is 49.4 Å². The molecule has 0 fully saturated rings. The summed E-state index contributed by atoms with van der Waals surface area (Å²) in [5.41, 5.74) is 4.13. The van der Waals surface area contributed by atoms with Crippen LogP contribution in [0, 0.1) is 6.92 Å². The lowest BCUT2D eigenvalue weighted by Gasteiger charge is -2.22. The van der Waals surface area contributed by atoms with E-state index in [2.05, 4.69) is 54.5 Å². The number of amides is 1. The highest BCUT2D eigenvalue weighted by atomic mass is 16.5. The van der Waals surface area contributed by atoms with Crippen molar-refractivity contribution in [3.63, 3.8) is 0 Å². The molecule has 0 spiro atoms. The van der Waals surface area contributed by atoms with Crippen LogP contribution < -0.4 is 25.0 Å². The summed E-state index contributed by atoms with van der Waals surface area (Å²) in [7, 11) is 3.15. The maximum Gasteiger partial charge on any atom is 0.226 e. The number of ether oxygens (including phenoxy) is 2. The molecule has 0 saturated heterocycles. The number of nitrogens with zero attached hydrogens (tertiary/aromatic N) is 1. The van der Waals surface area contributed by atoms with Gasteiger partial charge >= 0.3 is 0 Å². The Bertz CT molecular complexity index is 789. The number of carbonyl (C=O) groups is 1. The Morgan fingerprint density at radius 3 is 2.32 bits per heavy atom. The lowest BCUT2D eigenvalue weighted by Crippen LogP contribution is -2.22. The molecule has 0 atom stereocenters. The summed E-state index contributed by atoms with van der Waals surface area (Å²) in [6, 6.07) is 11.7. The summed E-state index contributed by atoms with van der Waals surface area (Å²) in [4.78, 5) is 14.5. The van der Waals surface area contributed by atoms with Gasteiger partial charge in [-0.15, -0.1) is 0 Å². The number of anilines is 3. The molecule has 1 amide bonds. The van der Waals surface area contributed by atoms with Crippen LogP contribution in [0.5, 0.6) is 11.5 Å². The van der Waals surface area contributed by atoms with Crippen molar-refractivity contribution in [3.05, 3.63) is 42.0 Å². The van der Waals surface area contributed by atoms with E-state index in [0.717, 1.165) is 18.8 Å². The lowest BCUT2D eigenvalue weighted by molar-refractivity contribution is -0.115. The highest BCUT2D eigenvalue weighted by Crippen LogP contribution is 2.29. The first kappa shape index (κ1) is 21.4. The van der Waals surface area contributed by atoms with Gasteiger partial charge in [-0.1, -0.05) is 0 Å². The molecule has 2 aromatic carbocycles. The number of rotatable bonds is 10. The summed E-state index contributed by atoms with van der Waals surface area (Å²) in [6.45, 7) is 8.92. The van der Waals surface area contributed by atoms with Crippen LogP contribution in [0.3, 0.4) is 0 Å². The van der Waals surface area contributed by atoms with E-state index in [1.807, 2.05) is 0 Å². The van der Waals surface area contributed by atoms with Crippen molar-refractivity contribution < 1.29 is 14.3 Å². The highest BCUT2D eigenvalue weighted by Gasteiger charge is 2.08. The average molecular weight is 386 g/mol. The second-order valence-electron chi connectivity index (χ2n) is 6.47. The van der Waals surface area contributed by atoms with Gasteiger partial charge < -0.3 is 25.0 Å². The van der Waals surface area contributed by atoms with Crippen molar-refractivity contribution in [1.82, 2.24) is 0 Å². The molecule has 6 nitrogen and oxygen atoms in total. The molecule has 0 aliphatic heterocycles. The predicted molar refractivity (Wildman–Crippen MR) is 116 cm³/mol. The Morgan fingerprint density at radius 2 is 1.71 bits per heavy atom. The Morgan fingerprint density at radius 1 is 1.00 bits per heavy atom. The zero-order valence-electron chi connectivity index (χ0n) is 17.5. The summed E-state index contributed by atoms with van der Waals surface area (Å²) >= 11 is 0. The average Bonchev–Trinajstić information content (AvgIpc) is 2.70. The first-order valence-corrected chi connectivity index (χ1v) is 9.63. The number of hydrogen-bond acceptors (Lipinski definition) is 5. The Kier molecular flexibility index (Phi) is 7.99. The molecule has 28 heavy (non-hydrogen) atoms. The van der Waals surface area contributed by atoms with Crippen LogP contribution in [-0.2, 0) is 4.79 Å². The number of carbonyl (C=O) groups excluding carboxylic acids is 1. The molecule has 0 saturated carbocycles. The molecule has 0 unspecified atom stereocenters. The molecule has 0 bridgehead atoms. The van der Waals surface area contributed by atoms with Crippen molar-refractivity contribution >= 4 is 23.0 Å². The summed E-state index contributed by atoms with van der Waals surface area (Å²) in [5.74, 6) is 1.16. The zero-order valence-corrected chi connectivity index (χ0v) is 17.5. The van der Waals surface area contributed by atoms with Crippen LogP contribution in [0.1, 0.15) is 25.8 Å². The van der Waals surface area contributed by atoms with Gasteiger partial charge in [0.15, 0.2) is 11.5 Å². The van der Waals surface area contributed by atoms with Gasteiger partial charge in [0.05, 0.1) is 14.2 Å². The fourth-order valence-electron chi connectivity index (χ4n) is 3.08. The number of aryl methyl sites for hydroxylation is 1. The lowest BCUT2D eigenvalue weighted by atomic mass is 10.1. The molecule has 6 heteroatoms. The van der Waals surface area contributed by atoms with Gasteiger partial charge in [-0.2, -0.15) is 0 Å². The number of benzene rings is 2. The minimum atomic E-state index is -0.0582. The van der Waals surface area contributed by atoms with E-state index in [9.17, 15) is 4.79 Å². The first-order valence-electron chi connectivity index (χ1n) is 9.63. The van der Waals surface area contributed by atoms with Crippen molar-refractivity contribution in [1.29, 1.82) is 0 Å². The second kappa shape index (κ2) is 10.4.